The molecule has 0 aromatic rings. The van der Waals surface area contributed by atoms with Crippen LogP contribution in [0.3, 0.4) is 0 Å². The fraction of sp³-hybridized carbons (Fsp3) is 0.333. The molecular weight excluding hydrogens is 318 g/mol. The highest BCUT2D eigenvalue weighted by molar-refractivity contribution is 5.96. The molecule has 0 saturated carbocycles. The molecule has 2 aliphatic rings. The van der Waals surface area contributed by atoms with Gasteiger partial charge in [-0.3, -0.25) is 9.59 Å². The number of hydrogen-bond donors (Lipinski definition) is 3. The highest BCUT2D eigenvalue weighted by Gasteiger charge is 2.25. The molecule has 9 nitrogen and oxygen atoms in total. The normalized spacial score (nSPS) is 20.1. The zero-order valence-electron chi connectivity index (χ0n) is 12.8. The Kier molecular flexibility index (Phi) is 5.72. The van der Waals surface area contributed by atoms with E-state index in [0.29, 0.717) is 18.8 Å². The van der Waals surface area contributed by atoms with Gasteiger partial charge in [0.1, 0.15) is 19.0 Å². The molecule has 1 unspecified atom stereocenters. The van der Waals surface area contributed by atoms with Crippen LogP contribution in [0.25, 0.3) is 0 Å². The lowest BCUT2D eigenvalue weighted by molar-refractivity contribution is -0.142. The first-order valence-electron chi connectivity index (χ1n) is 7.21. The number of carbonyl (C=O) groups is 4. The zero-order chi connectivity index (χ0) is 17.5. The molecule has 1 fully saturated rings. The van der Waals surface area contributed by atoms with Crippen molar-refractivity contribution in [1.82, 2.24) is 16.0 Å². The zero-order valence-corrected chi connectivity index (χ0v) is 12.8. The first-order valence-corrected chi connectivity index (χ1v) is 7.21. The Balaban J connectivity index is 1.70. The second-order valence-electron chi connectivity index (χ2n) is 5.09. The summed E-state index contributed by atoms with van der Waals surface area (Å²) >= 11 is 0. The van der Waals surface area contributed by atoms with E-state index in [1.165, 1.54) is 6.20 Å². The van der Waals surface area contributed by atoms with Crippen molar-refractivity contribution in [3.05, 3.63) is 36.3 Å². The third-order valence-corrected chi connectivity index (χ3v) is 3.29. The van der Waals surface area contributed by atoms with Gasteiger partial charge in [-0.05, 0) is 6.42 Å². The molecule has 0 bridgehead atoms. The molecular formula is C15H17N3O6. The van der Waals surface area contributed by atoms with Gasteiger partial charge in [0, 0.05) is 24.9 Å². The second kappa shape index (κ2) is 7.95. The maximum absolute atomic E-state index is 11.5. The van der Waals surface area contributed by atoms with Gasteiger partial charge in [-0.15, -0.1) is 0 Å². The Morgan fingerprint density at radius 2 is 1.96 bits per heavy atom. The van der Waals surface area contributed by atoms with Crippen molar-refractivity contribution in [2.45, 2.75) is 6.42 Å². The molecule has 2 rings (SSSR count). The maximum Gasteiger partial charge on any atom is 0.331 e. The maximum atomic E-state index is 11.5. The van der Waals surface area contributed by atoms with Gasteiger partial charge < -0.3 is 25.4 Å². The smallest absolute Gasteiger partial charge is 0.331 e. The van der Waals surface area contributed by atoms with Gasteiger partial charge in [0.25, 0.3) is 5.91 Å². The largest absolute Gasteiger partial charge is 0.462 e. The summed E-state index contributed by atoms with van der Waals surface area (Å²) in [6.07, 6.45) is 3.78. The molecule has 24 heavy (non-hydrogen) atoms. The van der Waals surface area contributed by atoms with Gasteiger partial charge in [0.2, 0.25) is 5.91 Å². The Morgan fingerprint density at radius 3 is 2.58 bits per heavy atom. The van der Waals surface area contributed by atoms with E-state index in [0.717, 1.165) is 12.2 Å². The predicted octanol–water partition coefficient (Wildman–Crippen LogP) is -1.16. The Morgan fingerprint density at radius 1 is 1.25 bits per heavy atom. The standard InChI is InChI=1S/C15H17N3O6/c1-9-17-6-11(15(22)18-9)8-24-13(20)3-2-12(19)23-7-10-4-5-16-14(10)21/h2-3,6,10,17H,1,4-5,7-8H2,(H,16,21)(H,18,22)/b3-2+. The van der Waals surface area contributed by atoms with Crippen molar-refractivity contribution in [1.29, 1.82) is 0 Å². The molecule has 128 valence electrons. The van der Waals surface area contributed by atoms with Crippen LogP contribution in [0.15, 0.2) is 36.3 Å². The number of nitrogens with one attached hydrogen (secondary N) is 3. The molecule has 0 radical (unpaired) electrons. The lowest BCUT2D eigenvalue weighted by Crippen LogP contribution is -2.36. The lowest BCUT2D eigenvalue weighted by atomic mass is 10.1. The van der Waals surface area contributed by atoms with Crippen LogP contribution in [0.2, 0.25) is 0 Å². The van der Waals surface area contributed by atoms with Crippen LogP contribution >= 0.6 is 0 Å². The molecule has 9 heteroatoms. The van der Waals surface area contributed by atoms with Crippen molar-refractivity contribution in [2.24, 2.45) is 5.92 Å². The quantitative estimate of drug-likeness (QED) is 0.413. The van der Waals surface area contributed by atoms with Crippen molar-refractivity contribution >= 4 is 23.8 Å². The summed E-state index contributed by atoms with van der Waals surface area (Å²) in [7, 11) is 0. The first kappa shape index (κ1) is 17.3. The molecule has 1 saturated heterocycles. The molecule has 2 aliphatic heterocycles. The van der Waals surface area contributed by atoms with E-state index in [-0.39, 0.29) is 30.6 Å². The predicted molar refractivity (Wildman–Crippen MR) is 80.7 cm³/mol. The molecule has 2 amide bonds. The topological polar surface area (TPSA) is 123 Å². The van der Waals surface area contributed by atoms with Crippen LogP contribution in [-0.4, -0.2) is 43.5 Å². The van der Waals surface area contributed by atoms with Crippen molar-refractivity contribution in [3.63, 3.8) is 0 Å². The van der Waals surface area contributed by atoms with Crippen LogP contribution < -0.4 is 16.0 Å². The average Bonchev–Trinajstić information content (AvgIpc) is 2.95. The summed E-state index contributed by atoms with van der Waals surface area (Å²) in [5, 5.41) is 7.73. The number of amides is 2. The fourth-order valence-corrected chi connectivity index (χ4v) is 1.97. The molecule has 0 aliphatic carbocycles. The lowest BCUT2D eigenvalue weighted by Gasteiger charge is -2.16. The molecule has 2 heterocycles. The summed E-state index contributed by atoms with van der Waals surface area (Å²) in [5.74, 6) is -2.16. The van der Waals surface area contributed by atoms with Crippen molar-refractivity contribution in [3.8, 4) is 0 Å². The summed E-state index contributed by atoms with van der Waals surface area (Å²) < 4.78 is 9.72. The average molecular weight is 335 g/mol. The van der Waals surface area contributed by atoms with E-state index in [4.69, 9.17) is 9.47 Å². The van der Waals surface area contributed by atoms with E-state index in [2.05, 4.69) is 22.5 Å². The first-order chi connectivity index (χ1) is 11.5. The number of carbonyl (C=O) groups excluding carboxylic acids is 4. The van der Waals surface area contributed by atoms with Crippen molar-refractivity contribution < 1.29 is 28.7 Å². The molecule has 0 aromatic heterocycles. The van der Waals surface area contributed by atoms with Crippen LogP contribution in [-0.2, 0) is 28.7 Å². The third kappa shape index (κ3) is 4.97. The van der Waals surface area contributed by atoms with Gasteiger partial charge in [0.15, 0.2) is 0 Å². The van der Waals surface area contributed by atoms with Crippen LogP contribution in [0, 0.1) is 5.92 Å². The molecule has 1 atom stereocenters. The Hall–Kier alpha value is -3.10. The summed E-state index contributed by atoms with van der Waals surface area (Å²) in [5.41, 5.74) is 0.207. The van der Waals surface area contributed by atoms with Gasteiger partial charge >= 0.3 is 11.9 Å². The number of ether oxygens (including phenoxy) is 2. The second-order valence-corrected chi connectivity index (χ2v) is 5.09. The molecule has 0 aromatic carbocycles. The van der Waals surface area contributed by atoms with Gasteiger partial charge in [-0.25, -0.2) is 9.59 Å². The van der Waals surface area contributed by atoms with E-state index in [1.54, 1.807) is 0 Å². The highest BCUT2D eigenvalue weighted by atomic mass is 16.5. The van der Waals surface area contributed by atoms with Crippen LogP contribution in [0.4, 0.5) is 0 Å². The fourth-order valence-electron chi connectivity index (χ4n) is 1.97. The molecule has 3 N–H and O–H groups in total. The summed E-state index contributed by atoms with van der Waals surface area (Å²) in [6, 6.07) is 0. The third-order valence-electron chi connectivity index (χ3n) is 3.29. The van der Waals surface area contributed by atoms with Gasteiger partial charge in [-0.2, -0.15) is 0 Å². The van der Waals surface area contributed by atoms with Gasteiger partial charge in [-0.1, -0.05) is 6.58 Å². The number of rotatable bonds is 6. The van der Waals surface area contributed by atoms with E-state index in [1.807, 2.05) is 0 Å². The van der Waals surface area contributed by atoms with E-state index in [9.17, 15) is 19.2 Å². The Labute approximate surface area is 137 Å². The summed E-state index contributed by atoms with van der Waals surface area (Å²) in [4.78, 5) is 45.8. The SMILES string of the molecule is C=C1NC=C(COC(=O)/C=C/C(=O)OCC2CCNC2=O)C(=O)N1. The van der Waals surface area contributed by atoms with Gasteiger partial charge in [0.05, 0.1) is 11.5 Å². The van der Waals surface area contributed by atoms with Crippen molar-refractivity contribution in [2.75, 3.05) is 19.8 Å². The van der Waals surface area contributed by atoms with Crippen LogP contribution in [0.1, 0.15) is 6.42 Å². The molecule has 0 spiro atoms. The Bertz CT molecular complexity index is 637. The monoisotopic (exact) mass is 335 g/mol. The minimum atomic E-state index is -0.802. The van der Waals surface area contributed by atoms with E-state index >= 15 is 0 Å². The highest BCUT2D eigenvalue weighted by Crippen LogP contribution is 2.09. The summed E-state index contributed by atoms with van der Waals surface area (Å²) in [6.45, 7) is 3.78. The minimum Gasteiger partial charge on any atom is -0.462 e. The number of hydrogen-bond acceptors (Lipinski definition) is 7. The minimum absolute atomic E-state index is 0.0351. The number of esters is 2. The van der Waals surface area contributed by atoms with E-state index < -0.39 is 17.8 Å². The van der Waals surface area contributed by atoms with Crippen LogP contribution in [0.5, 0.6) is 0 Å².